The maximum Gasteiger partial charge on any atom is 0.307 e. The third kappa shape index (κ3) is 2.88. The summed E-state index contributed by atoms with van der Waals surface area (Å²) in [4.78, 5) is 28.8. The lowest BCUT2D eigenvalue weighted by atomic mass is 9.82. The highest BCUT2D eigenvalue weighted by Gasteiger charge is 2.52. The van der Waals surface area contributed by atoms with Crippen molar-refractivity contribution in [2.45, 2.75) is 13.3 Å². The number of anilines is 1. The van der Waals surface area contributed by atoms with Crippen molar-refractivity contribution in [1.82, 2.24) is 4.90 Å². The van der Waals surface area contributed by atoms with Gasteiger partial charge in [-0.1, -0.05) is 29.8 Å². The summed E-state index contributed by atoms with van der Waals surface area (Å²) in [5, 5.41) is 10.3. The summed E-state index contributed by atoms with van der Waals surface area (Å²) in [6.45, 7) is 4.77. The van der Waals surface area contributed by atoms with Crippen LogP contribution in [0.25, 0.3) is 0 Å². The number of allylic oxidation sites excluding steroid dienone is 2. The molecule has 0 aromatic heterocycles. The second-order valence-electron chi connectivity index (χ2n) is 7.58. The van der Waals surface area contributed by atoms with Gasteiger partial charge in [-0.05, 0) is 42.9 Å². The first-order chi connectivity index (χ1) is 12.5. The first kappa shape index (κ1) is 17.4. The van der Waals surface area contributed by atoms with E-state index in [1.165, 1.54) is 5.56 Å². The second kappa shape index (κ2) is 6.62. The van der Waals surface area contributed by atoms with E-state index in [0.29, 0.717) is 18.1 Å². The molecule has 2 aliphatic carbocycles. The van der Waals surface area contributed by atoms with Crippen LogP contribution >= 0.6 is 11.6 Å². The number of aliphatic carboxylic acids is 1. The molecule has 1 N–H and O–H groups in total. The average molecular weight is 375 g/mol. The van der Waals surface area contributed by atoms with Gasteiger partial charge >= 0.3 is 5.97 Å². The number of carboxylic acid groups (broad SMARTS) is 1. The number of amides is 1. The topological polar surface area (TPSA) is 60.9 Å². The first-order valence-electron chi connectivity index (χ1n) is 9.16. The molecule has 4 rings (SSSR count). The molecule has 6 heteroatoms. The molecule has 26 heavy (non-hydrogen) atoms. The van der Waals surface area contributed by atoms with E-state index in [2.05, 4.69) is 11.8 Å². The van der Waals surface area contributed by atoms with Gasteiger partial charge in [0.1, 0.15) is 0 Å². The Bertz CT molecular complexity index is 770. The zero-order valence-corrected chi connectivity index (χ0v) is 15.5. The average Bonchev–Trinajstić information content (AvgIpc) is 3.24. The van der Waals surface area contributed by atoms with E-state index in [1.807, 2.05) is 35.3 Å². The third-order valence-electron chi connectivity index (χ3n) is 6.13. The van der Waals surface area contributed by atoms with Gasteiger partial charge in [0.15, 0.2) is 0 Å². The molecule has 5 nitrogen and oxygen atoms in total. The van der Waals surface area contributed by atoms with Crippen molar-refractivity contribution in [1.29, 1.82) is 0 Å². The summed E-state index contributed by atoms with van der Waals surface area (Å²) in [6.07, 6.45) is 4.82. The van der Waals surface area contributed by atoms with Crippen LogP contribution in [0.5, 0.6) is 0 Å². The zero-order chi connectivity index (χ0) is 18.4. The SMILES string of the molecule is Cc1ccc(Cl)cc1N1CCN(C(=O)C2C3C=CC(C3)C2C(=O)O)CC1. The fourth-order valence-corrected chi connectivity index (χ4v) is 4.96. The highest BCUT2D eigenvalue weighted by atomic mass is 35.5. The summed E-state index contributed by atoms with van der Waals surface area (Å²) in [5.41, 5.74) is 2.27. The number of fused-ring (bicyclic) bond motifs is 2. The van der Waals surface area contributed by atoms with Gasteiger partial charge in [0.2, 0.25) is 5.91 Å². The van der Waals surface area contributed by atoms with Crippen LogP contribution in [-0.4, -0.2) is 48.1 Å². The molecule has 1 saturated heterocycles. The number of benzene rings is 1. The number of carboxylic acids is 1. The van der Waals surface area contributed by atoms with Gasteiger partial charge in [-0.2, -0.15) is 0 Å². The van der Waals surface area contributed by atoms with E-state index >= 15 is 0 Å². The Morgan fingerprint density at radius 2 is 1.73 bits per heavy atom. The van der Waals surface area contributed by atoms with Gasteiger partial charge < -0.3 is 14.9 Å². The number of carbonyl (C=O) groups is 2. The maximum atomic E-state index is 13.1. The second-order valence-corrected chi connectivity index (χ2v) is 8.02. The van der Waals surface area contributed by atoms with Crippen LogP contribution in [0.1, 0.15) is 12.0 Å². The number of halogens is 1. The molecule has 2 bridgehead atoms. The van der Waals surface area contributed by atoms with Crippen LogP contribution in [0.15, 0.2) is 30.4 Å². The smallest absolute Gasteiger partial charge is 0.307 e. The van der Waals surface area contributed by atoms with Crippen LogP contribution in [0, 0.1) is 30.6 Å². The molecule has 138 valence electrons. The Balaban J connectivity index is 1.45. The number of hydrogen-bond acceptors (Lipinski definition) is 3. The Morgan fingerprint density at radius 1 is 1.08 bits per heavy atom. The van der Waals surface area contributed by atoms with Crippen LogP contribution < -0.4 is 4.90 Å². The molecule has 1 aliphatic heterocycles. The van der Waals surface area contributed by atoms with Crippen molar-refractivity contribution >= 4 is 29.2 Å². The Hall–Kier alpha value is -2.01. The van der Waals surface area contributed by atoms with E-state index in [1.54, 1.807) is 0 Å². The fraction of sp³-hybridized carbons (Fsp3) is 0.500. The molecule has 1 saturated carbocycles. The van der Waals surface area contributed by atoms with E-state index in [4.69, 9.17) is 11.6 Å². The van der Waals surface area contributed by atoms with Gasteiger partial charge in [-0.15, -0.1) is 0 Å². The molecule has 4 atom stereocenters. The Kier molecular flexibility index (Phi) is 4.43. The third-order valence-corrected chi connectivity index (χ3v) is 6.37. The molecule has 2 fully saturated rings. The molecule has 3 aliphatic rings. The number of hydrogen-bond donors (Lipinski definition) is 1. The van der Waals surface area contributed by atoms with Crippen molar-refractivity contribution in [3.63, 3.8) is 0 Å². The fourth-order valence-electron chi connectivity index (χ4n) is 4.80. The number of carbonyl (C=O) groups excluding carboxylic acids is 1. The van der Waals surface area contributed by atoms with Crippen molar-refractivity contribution in [2.24, 2.45) is 23.7 Å². The summed E-state index contributed by atoms with van der Waals surface area (Å²) in [5.74, 6) is -1.69. The number of rotatable bonds is 3. The van der Waals surface area contributed by atoms with E-state index in [-0.39, 0.29) is 17.7 Å². The molecule has 1 aromatic rings. The lowest BCUT2D eigenvalue weighted by molar-refractivity contribution is -0.151. The first-order valence-corrected chi connectivity index (χ1v) is 9.54. The van der Waals surface area contributed by atoms with E-state index in [9.17, 15) is 14.7 Å². The van der Waals surface area contributed by atoms with Crippen molar-refractivity contribution in [3.8, 4) is 0 Å². The molecular formula is C20H23ClN2O3. The van der Waals surface area contributed by atoms with E-state index < -0.39 is 17.8 Å². The quantitative estimate of drug-likeness (QED) is 0.826. The van der Waals surface area contributed by atoms with Gasteiger partial charge in [0, 0.05) is 36.9 Å². The largest absolute Gasteiger partial charge is 0.481 e. The Morgan fingerprint density at radius 3 is 2.38 bits per heavy atom. The standard InChI is InChI=1S/C20H23ClN2O3/c1-12-2-5-15(21)11-16(12)22-6-8-23(9-7-22)19(24)17-13-3-4-14(10-13)18(17)20(25)26/h2-5,11,13-14,17-18H,6-10H2,1H3,(H,25,26). The summed E-state index contributed by atoms with van der Waals surface area (Å²) < 4.78 is 0. The van der Waals surface area contributed by atoms with Crippen LogP contribution in [0.2, 0.25) is 5.02 Å². The van der Waals surface area contributed by atoms with Gasteiger partial charge in [0.05, 0.1) is 11.8 Å². The predicted molar refractivity (Wildman–Crippen MR) is 100 cm³/mol. The molecule has 1 aromatic carbocycles. The van der Waals surface area contributed by atoms with E-state index in [0.717, 1.165) is 25.2 Å². The molecule has 0 spiro atoms. The predicted octanol–water partition coefficient (Wildman–Crippen LogP) is 2.82. The minimum absolute atomic E-state index is 0.0108. The number of nitrogens with zero attached hydrogens (tertiary/aromatic N) is 2. The summed E-state index contributed by atoms with van der Waals surface area (Å²) in [6, 6.07) is 5.86. The normalized spacial score (nSPS) is 30.1. The summed E-state index contributed by atoms with van der Waals surface area (Å²) >= 11 is 6.13. The zero-order valence-electron chi connectivity index (χ0n) is 14.8. The lowest BCUT2D eigenvalue weighted by Gasteiger charge is -2.39. The summed E-state index contributed by atoms with van der Waals surface area (Å²) in [7, 11) is 0. The molecule has 4 unspecified atom stereocenters. The van der Waals surface area contributed by atoms with Crippen LogP contribution in [0.4, 0.5) is 5.69 Å². The highest BCUT2D eigenvalue weighted by molar-refractivity contribution is 6.30. The minimum Gasteiger partial charge on any atom is -0.481 e. The molecule has 1 heterocycles. The highest BCUT2D eigenvalue weighted by Crippen LogP contribution is 2.48. The van der Waals surface area contributed by atoms with Crippen molar-refractivity contribution in [2.75, 3.05) is 31.1 Å². The van der Waals surface area contributed by atoms with Gasteiger partial charge in [0.25, 0.3) is 0 Å². The monoisotopic (exact) mass is 374 g/mol. The van der Waals surface area contributed by atoms with Crippen LogP contribution in [0.3, 0.4) is 0 Å². The van der Waals surface area contributed by atoms with Crippen molar-refractivity contribution in [3.05, 3.63) is 40.9 Å². The number of aryl methyl sites for hydroxylation is 1. The van der Waals surface area contributed by atoms with Crippen molar-refractivity contribution < 1.29 is 14.7 Å². The molecule has 0 radical (unpaired) electrons. The lowest BCUT2D eigenvalue weighted by Crippen LogP contribution is -2.52. The minimum atomic E-state index is -0.839. The number of piperazine rings is 1. The Labute approximate surface area is 158 Å². The maximum absolute atomic E-state index is 13.1. The molecular weight excluding hydrogens is 352 g/mol. The van der Waals surface area contributed by atoms with Gasteiger partial charge in [-0.25, -0.2) is 0 Å². The van der Waals surface area contributed by atoms with Gasteiger partial charge in [-0.3, -0.25) is 9.59 Å². The molecule has 1 amide bonds. The van der Waals surface area contributed by atoms with Crippen LogP contribution in [-0.2, 0) is 9.59 Å².